The van der Waals surface area contributed by atoms with E-state index in [1.54, 1.807) is 72.8 Å². The highest BCUT2D eigenvalue weighted by Crippen LogP contribution is 2.48. The Bertz CT molecular complexity index is 1950. The molecule has 0 spiro atoms. The molecule has 0 aliphatic rings. The molecule has 0 aliphatic heterocycles. The summed E-state index contributed by atoms with van der Waals surface area (Å²) in [7, 11) is 0. The fraction of sp³-hybridized carbons (Fsp3) is 0. The maximum absolute atomic E-state index is 16.2. The van der Waals surface area contributed by atoms with Crippen molar-refractivity contribution in [3.05, 3.63) is 168 Å². The lowest BCUT2D eigenvalue weighted by Crippen LogP contribution is -2.33. The van der Waals surface area contributed by atoms with E-state index >= 15 is 35.1 Å². The predicted octanol–water partition coefficient (Wildman–Crippen LogP) is 7.92. The van der Waals surface area contributed by atoms with Crippen LogP contribution >= 0.6 is 13.8 Å². The van der Waals surface area contributed by atoms with Gasteiger partial charge in [-0.3, -0.25) is 0 Å². The van der Waals surface area contributed by atoms with Crippen molar-refractivity contribution in [1.29, 1.82) is 0 Å². The van der Waals surface area contributed by atoms with Gasteiger partial charge in [0.2, 0.25) is 0 Å². The molecular weight excluding hydrogens is 670 g/mol. The van der Waals surface area contributed by atoms with Gasteiger partial charge in [0.15, 0.2) is 46.5 Å². The predicted molar refractivity (Wildman–Crippen MR) is 183 cm³/mol. The number of rotatable bonds is 7. The van der Waals surface area contributed by atoms with E-state index in [9.17, 15) is 0 Å². The molecule has 48 heavy (non-hydrogen) atoms. The van der Waals surface area contributed by atoms with E-state index in [4.69, 9.17) is 0 Å². The van der Waals surface area contributed by atoms with Crippen LogP contribution in [-0.4, -0.2) is 12.6 Å². The third kappa shape index (κ3) is 5.06. The lowest BCUT2D eigenvalue weighted by Gasteiger charge is -2.29. The van der Waals surface area contributed by atoms with Gasteiger partial charge < -0.3 is 0 Å². The molecule has 10 heteroatoms. The molecule has 0 amide bonds. The normalized spacial score (nSPS) is 11.9. The van der Waals surface area contributed by atoms with Gasteiger partial charge in [-0.05, 0) is 35.0 Å². The molecule has 0 saturated carbocycles. The topological polar surface area (TPSA) is 0 Å². The lowest BCUT2D eigenvalue weighted by molar-refractivity contribution is 0.451. The van der Waals surface area contributed by atoms with Crippen LogP contribution in [0.1, 0.15) is 0 Å². The van der Waals surface area contributed by atoms with Crippen LogP contribution < -0.4 is 31.8 Å². The van der Waals surface area contributed by atoms with Gasteiger partial charge in [-0.15, -0.1) is 0 Å². The molecule has 0 heterocycles. The molecular formula is C38H24F8P2. The molecule has 0 bridgehead atoms. The second-order valence-electron chi connectivity index (χ2n) is 10.9. The Labute approximate surface area is 271 Å². The molecule has 0 fully saturated rings. The molecule has 0 nitrogen and oxygen atoms in total. The van der Waals surface area contributed by atoms with Crippen molar-refractivity contribution < 1.29 is 35.1 Å². The van der Waals surface area contributed by atoms with Crippen molar-refractivity contribution in [2.24, 2.45) is 0 Å². The van der Waals surface area contributed by atoms with Crippen molar-refractivity contribution in [2.75, 3.05) is 0 Å². The smallest absolute Gasteiger partial charge is 0.170 e. The van der Waals surface area contributed by atoms with E-state index < -0.39 is 82.0 Å². The first-order valence-corrected chi connectivity index (χ1v) is 18.3. The number of halogens is 8. The summed E-state index contributed by atoms with van der Waals surface area (Å²) in [5.74, 6) is -17.0. The molecule has 0 unspecified atom stereocenters. The Morgan fingerprint density at radius 1 is 0.292 bits per heavy atom. The Morgan fingerprint density at radius 2 is 0.479 bits per heavy atom. The third-order valence-corrected chi connectivity index (χ3v) is 15.3. The minimum absolute atomic E-state index is 0.233. The first-order valence-electron chi connectivity index (χ1n) is 14.4. The number of hydrogen-bond acceptors (Lipinski definition) is 0. The van der Waals surface area contributed by atoms with Gasteiger partial charge in [0.1, 0.15) is 0 Å². The van der Waals surface area contributed by atoms with Gasteiger partial charge in [0.25, 0.3) is 0 Å². The fourth-order valence-corrected chi connectivity index (χ4v) is 12.0. The van der Waals surface area contributed by atoms with Gasteiger partial charge in [0.05, 0.1) is 21.7 Å². The van der Waals surface area contributed by atoms with Crippen molar-refractivity contribution in [3.63, 3.8) is 0 Å². The van der Waals surface area contributed by atoms with Crippen LogP contribution in [0.2, 0.25) is 0 Å². The highest BCUT2D eigenvalue weighted by molar-refractivity contribution is 7.93. The van der Waals surface area contributed by atoms with Crippen molar-refractivity contribution in [2.45, 2.75) is 0 Å². The zero-order valence-electron chi connectivity index (χ0n) is 24.9. The van der Waals surface area contributed by atoms with Gasteiger partial charge in [-0.1, -0.05) is 134 Å². The Morgan fingerprint density at radius 3 is 0.667 bits per heavy atom. The number of hydrogen-bond donors (Lipinski definition) is 0. The molecule has 0 radical (unpaired) electrons. The van der Waals surface area contributed by atoms with Crippen LogP contribution in [0.4, 0.5) is 35.1 Å². The highest BCUT2D eigenvalue weighted by Gasteiger charge is 2.40. The Kier molecular flexibility index (Phi) is 8.84. The standard InChI is InChI=1S/C38H24F8P2/c1-47(23-15-7-3-8-16-23,24-17-9-4-10-18-24)37-33(43)29(39)27(30(40)34(37)44)28-31(41)35(45)38(36(46)32(28)42)48(2,25-19-11-5-12-20-25)26-21-13-6-14-22-26/h3-22H,1-2H2. The van der Waals surface area contributed by atoms with Crippen LogP contribution in [0, 0.1) is 46.5 Å². The Balaban J connectivity index is 1.65. The highest BCUT2D eigenvalue weighted by atomic mass is 31.2. The van der Waals surface area contributed by atoms with E-state index in [2.05, 4.69) is 12.6 Å². The number of benzene rings is 6. The van der Waals surface area contributed by atoms with E-state index in [1.807, 2.05) is 0 Å². The SMILES string of the molecule is C=P(c1ccccc1)(c1ccccc1)c1c(F)c(F)c(-c2c(F)c(F)c(P(=C)(c3ccccc3)c3ccccc3)c(F)c2F)c(F)c1F. The van der Waals surface area contributed by atoms with Crippen molar-refractivity contribution >= 4 is 58.2 Å². The van der Waals surface area contributed by atoms with E-state index in [0.717, 1.165) is 0 Å². The molecule has 0 N–H and O–H groups in total. The van der Waals surface area contributed by atoms with Crippen molar-refractivity contribution in [1.82, 2.24) is 0 Å². The molecule has 0 aliphatic carbocycles. The molecule has 0 atom stereocenters. The molecule has 0 aromatic heterocycles. The average molecular weight is 695 g/mol. The van der Waals surface area contributed by atoms with Gasteiger partial charge in [-0.25, -0.2) is 35.1 Å². The van der Waals surface area contributed by atoms with E-state index in [-0.39, 0.29) is 21.2 Å². The first kappa shape index (κ1) is 33.3. The van der Waals surface area contributed by atoms with E-state index in [1.165, 1.54) is 48.5 Å². The average Bonchev–Trinajstić information content (AvgIpc) is 3.12. The van der Waals surface area contributed by atoms with E-state index in [0.29, 0.717) is 0 Å². The second kappa shape index (κ2) is 12.8. The summed E-state index contributed by atoms with van der Waals surface area (Å²) >= 11 is 0. The van der Waals surface area contributed by atoms with Crippen LogP contribution in [0.25, 0.3) is 11.1 Å². The minimum Gasteiger partial charge on any atom is -0.203 e. The van der Waals surface area contributed by atoms with Crippen LogP contribution in [0.5, 0.6) is 0 Å². The van der Waals surface area contributed by atoms with Crippen LogP contribution in [0.3, 0.4) is 0 Å². The third-order valence-electron chi connectivity index (χ3n) is 8.28. The minimum atomic E-state index is -3.73. The lowest BCUT2D eigenvalue weighted by atomic mass is 10.0. The summed E-state index contributed by atoms with van der Waals surface area (Å²) in [5.41, 5.74) is -3.87. The maximum atomic E-state index is 16.2. The van der Waals surface area contributed by atoms with Crippen molar-refractivity contribution in [3.8, 4) is 11.1 Å². The second-order valence-corrected chi connectivity index (χ2v) is 17.1. The molecule has 0 saturated heterocycles. The maximum Gasteiger partial charge on any atom is 0.170 e. The Hall–Kier alpha value is -4.64. The summed E-state index contributed by atoms with van der Waals surface area (Å²) in [6.07, 6.45) is 8.14. The molecule has 6 aromatic rings. The summed E-state index contributed by atoms with van der Waals surface area (Å²) < 4.78 is 129. The molecule has 6 rings (SSSR count). The largest absolute Gasteiger partial charge is 0.203 e. The van der Waals surface area contributed by atoms with Gasteiger partial charge in [0, 0.05) is 0 Å². The van der Waals surface area contributed by atoms with Crippen LogP contribution in [0.15, 0.2) is 121 Å². The quantitative estimate of drug-likeness (QED) is 0.0906. The first-order chi connectivity index (χ1) is 23.0. The summed E-state index contributed by atoms with van der Waals surface area (Å²) in [6, 6.07) is 30.7. The van der Waals surface area contributed by atoms with Crippen LogP contribution in [-0.2, 0) is 0 Å². The molecule has 6 aromatic carbocycles. The summed E-state index contributed by atoms with van der Waals surface area (Å²) in [5, 5.41) is -1.27. The zero-order chi connectivity index (χ0) is 34.4. The summed E-state index contributed by atoms with van der Waals surface area (Å²) in [4.78, 5) is 0. The molecule has 242 valence electrons. The van der Waals surface area contributed by atoms with Gasteiger partial charge >= 0.3 is 0 Å². The monoisotopic (exact) mass is 694 g/mol. The zero-order valence-corrected chi connectivity index (χ0v) is 26.7. The fourth-order valence-electron chi connectivity index (χ4n) is 5.89. The van der Waals surface area contributed by atoms with Gasteiger partial charge in [-0.2, -0.15) is 0 Å². The summed E-state index contributed by atoms with van der Waals surface area (Å²) in [6.45, 7) is -7.45.